The predicted molar refractivity (Wildman–Crippen MR) is 259 cm³/mol. The second-order valence-corrected chi connectivity index (χ2v) is 18.5. The molecule has 0 unspecified atom stereocenters. The normalized spacial score (nSPS) is 14.6. The largest absolute Gasteiger partial charge is 0.337 e. The van der Waals surface area contributed by atoms with Crippen LogP contribution in [0, 0.1) is 0 Å². The van der Waals surface area contributed by atoms with Gasteiger partial charge in [-0.05, 0) is 36.8 Å². The van der Waals surface area contributed by atoms with Gasteiger partial charge in [-0.3, -0.25) is 34.0 Å². The number of rotatable bonds is 24. The number of unbranched alkanes of at least 4 members (excludes halogenated alkanes) is 12. The van der Waals surface area contributed by atoms with Gasteiger partial charge in [0.2, 0.25) is 0 Å². The van der Waals surface area contributed by atoms with Gasteiger partial charge in [0.1, 0.15) is 11.3 Å². The summed E-state index contributed by atoms with van der Waals surface area (Å²) in [5, 5.41) is 0.751. The highest BCUT2D eigenvalue weighted by atomic mass is 16.2. The Bertz CT molecular complexity index is 2520. The number of hydrogen-bond acceptors (Lipinski definition) is 6. The van der Waals surface area contributed by atoms with Crippen LogP contribution in [-0.2, 0) is 6.42 Å². The van der Waals surface area contributed by atoms with Crippen LogP contribution in [0.4, 0.5) is 5.69 Å². The van der Waals surface area contributed by atoms with Gasteiger partial charge >= 0.3 is 0 Å². The number of aromatic amines is 1. The SMILES string of the molecule is CCCCCCC(CCCCCC)N1C(=O)c2c3c(c4c5c(c6[nH]c(-c7ccccc7)nc6c(c25)C1=O)C(=O)N(C(CCCCCC)CCCCCC)C4=O)N=C(c1ccccc1)C3. The molecule has 0 fully saturated rings. The lowest BCUT2D eigenvalue weighted by Gasteiger charge is -2.38. The number of benzene rings is 4. The second kappa shape index (κ2) is 20.6. The van der Waals surface area contributed by atoms with Crippen LogP contribution in [-0.4, -0.2) is 61.2 Å². The van der Waals surface area contributed by atoms with Gasteiger partial charge in [0, 0.05) is 34.8 Å². The van der Waals surface area contributed by atoms with Crippen molar-refractivity contribution in [2.75, 3.05) is 0 Å². The third-order valence-corrected chi connectivity index (χ3v) is 14.0. The van der Waals surface area contributed by atoms with Crippen molar-refractivity contribution in [3.63, 3.8) is 0 Å². The summed E-state index contributed by atoms with van der Waals surface area (Å²) < 4.78 is 0. The van der Waals surface area contributed by atoms with E-state index in [4.69, 9.17) is 9.98 Å². The van der Waals surface area contributed by atoms with Crippen LogP contribution in [0.3, 0.4) is 0 Å². The van der Waals surface area contributed by atoms with Crippen LogP contribution < -0.4 is 0 Å². The van der Waals surface area contributed by atoms with Gasteiger partial charge in [-0.1, -0.05) is 191 Å². The zero-order valence-corrected chi connectivity index (χ0v) is 38.7. The Morgan fingerprint density at radius 3 is 1.45 bits per heavy atom. The highest BCUT2D eigenvalue weighted by molar-refractivity contribution is 6.40. The smallest absolute Gasteiger partial charge is 0.263 e. The van der Waals surface area contributed by atoms with Gasteiger partial charge in [-0.2, -0.15) is 0 Å². The number of fused-ring (bicyclic) bond motifs is 6. The summed E-state index contributed by atoms with van der Waals surface area (Å²) in [6, 6.07) is 19.1. The minimum Gasteiger partial charge on any atom is -0.337 e. The van der Waals surface area contributed by atoms with Crippen molar-refractivity contribution in [3.8, 4) is 11.4 Å². The molecule has 0 saturated heterocycles. The molecule has 3 aliphatic heterocycles. The molecule has 8 rings (SSSR count). The molecule has 4 heterocycles. The van der Waals surface area contributed by atoms with Gasteiger partial charge in [0.15, 0.2) is 0 Å². The molecule has 0 bridgehead atoms. The van der Waals surface area contributed by atoms with E-state index in [0.29, 0.717) is 80.4 Å². The maximum atomic E-state index is 15.7. The molecule has 64 heavy (non-hydrogen) atoms. The Kier molecular flexibility index (Phi) is 14.5. The number of H-pyrrole nitrogens is 1. The molecule has 4 aromatic carbocycles. The molecular weight excluding hydrogens is 795 g/mol. The molecule has 1 aromatic heterocycles. The number of carbonyl (C=O) groups is 4. The van der Waals surface area contributed by atoms with E-state index in [0.717, 1.165) is 132 Å². The summed E-state index contributed by atoms with van der Waals surface area (Å²) in [7, 11) is 0. The van der Waals surface area contributed by atoms with Gasteiger partial charge in [0.25, 0.3) is 23.6 Å². The fraction of sp³-hybridized carbons (Fsp3) is 0.491. The third kappa shape index (κ3) is 8.59. The maximum Gasteiger partial charge on any atom is 0.263 e. The van der Waals surface area contributed by atoms with Crippen molar-refractivity contribution >= 4 is 56.8 Å². The van der Waals surface area contributed by atoms with Crippen LogP contribution >= 0.6 is 0 Å². The average Bonchev–Trinajstić information content (AvgIpc) is 3.96. The molecule has 9 heteroatoms. The molecule has 0 atom stereocenters. The van der Waals surface area contributed by atoms with E-state index in [-0.39, 0.29) is 23.9 Å². The molecule has 0 radical (unpaired) electrons. The fourth-order valence-electron chi connectivity index (χ4n) is 10.7. The summed E-state index contributed by atoms with van der Waals surface area (Å²) in [5.74, 6) is -0.989. The zero-order chi connectivity index (χ0) is 44.7. The molecule has 336 valence electrons. The Morgan fingerprint density at radius 2 is 0.953 bits per heavy atom. The lowest BCUT2D eigenvalue weighted by atomic mass is 9.79. The van der Waals surface area contributed by atoms with Gasteiger partial charge < -0.3 is 4.98 Å². The number of aromatic nitrogens is 2. The van der Waals surface area contributed by atoms with E-state index < -0.39 is 11.8 Å². The number of imidazole rings is 1. The van der Waals surface area contributed by atoms with Crippen molar-refractivity contribution in [1.29, 1.82) is 0 Å². The first kappa shape index (κ1) is 45.1. The first-order chi connectivity index (χ1) is 31.3. The first-order valence-corrected chi connectivity index (χ1v) is 24.9. The monoisotopic (exact) mass is 862 g/mol. The quantitative estimate of drug-likeness (QED) is 0.0490. The Labute approximate surface area is 379 Å². The minimum atomic E-state index is -0.392. The van der Waals surface area contributed by atoms with Gasteiger partial charge in [-0.25, -0.2) is 4.98 Å². The van der Waals surface area contributed by atoms with Crippen LogP contribution in [0.15, 0.2) is 65.7 Å². The average molecular weight is 862 g/mol. The number of carbonyl (C=O) groups excluding carboxylic acids is 4. The fourth-order valence-corrected chi connectivity index (χ4v) is 10.7. The van der Waals surface area contributed by atoms with Crippen molar-refractivity contribution < 1.29 is 19.2 Å². The third-order valence-electron chi connectivity index (χ3n) is 14.0. The van der Waals surface area contributed by atoms with Gasteiger partial charge in [-0.15, -0.1) is 0 Å². The minimum absolute atomic E-state index is 0.302. The summed E-state index contributed by atoms with van der Waals surface area (Å²) in [4.78, 5) is 79.7. The first-order valence-electron chi connectivity index (χ1n) is 24.9. The number of amides is 4. The number of aliphatic imine (C=N–C) groups is 1. The van der Waals surface area contributed by atoms with Crippen molar-refractivity contribution in [1.82, 2.24) is 19.8 Å². The molecule has 0 spiro atoms. The molecule has 4 amide bonds. The molecule has 0 saturated carbocycles. The van der Waals surface area contributed by atoms with Crippen LogP contribution in [0.1, 0.15) is 209 Å². The summed E-state index contributed by atoms with van der Waals surface area (Å²) in [5.41, 5.74) is 5.73. The maximum absolute atomic E-state index is 15.7. The Balaban J connectivity index is 1.39. The van der Waals surface area contributed by atoms with E-state index in [1.54, 1.807) is 4.90 Å². The number of imide groups is 2. The Morgan fingerprint density at radius 1 is 0.516 bits per heavy atom. The van der Waals surface area contributed by atoms with Crippen LogP contribution in [0.2, 0.25) is 0 Å². The highest BCUT2D eigenvalue weighted by Gasteiger charge is 2.49. The lowest BCUT2D eigenvalue weighted by molar-refractivity contribution is 0.0496. The van der Waals surface area contributed by atoms with E-state index in [1.807, 2.05) is 60.7 Å². The predicted octanol–water partition coefficient (Wildman–Crippen LogP) is 13.9. The summed E-state index contributed by atoms with van der Waals surface area (Å²) >= 11 is 0. The van der Waals surface area contributed by atoms with Gasteiger partial charge in [0.05, 0.1) is 39.2 Å². The van der Waals surface area contributed by atoms with Crippen molar-refractivity contribution in [2.24, 2.45) is 4.99 Å². The number of nitrogens with zero attached hydrogens (tertiary/aromatic N) is 4. The summed E-state index contributed by atoms with van der Waals surface area (Å²) in [6.45, 7) is 8.76. The molecule has 1 N–H and O–H groups in total. The van der Waals surface area contributed by atoms with E-state index >= 15 is 19.2 Å². The van der Waals surface area contributed by atoms with E-state index in [9.17, 15) is 0 Å². The van der Waals surface area contributed by atoms with Crippen LogP contribution in [0.25, 0.3) is 33.2 Å². The molecule has 9 nitrogen and oxygen atoms in total. The van der Waals surface area contributed by atoms with E-state index in [2.05, 4.69) is 32.7 Å². The lowest BCUT2D eigenvalue weighted by Crippen LogP contribution is -2.50. The molecular formula is C55H67N5O4. The highest BCUT2D eigenvalue weighted by Crippen LogP contribution is 2.51. The van der Waals surface area contributed by atoms with Crippen molar-refractivity contribution in [2.45, 2.75) is 175 Å². The molecule has 3 aliphatic rings. The molecule has 5 aromatic rings. The standard InChI is InChI=1S/C55H67N5O4/c1-5-9-13-23-31-38(32-24-14-10-6-2)59-52(61)42-40-35-41(36-27-19-17-20-28-36)56-48(40)45-44-43(42)46(54(59)63)49-50(58-51(57-49)37-29-21-18-22-30-37)47(44)55(64)60(53(45)62)39(33-25-15-11-7-3)34-26-16-12-8-4/h17-22,27-30,38-39H,5-16,23-26,31-35H2,1-4H3,(H,57,58). The topological polar surface area (TPSA) is 116 Å². The van der Waals surface area contributed by atoms with E-state index in [1.165, 1.54) is 4.90 Å². The Hall–Kier alpha value is -5.44. The molecule has 0 aliphatic carbocycles. The number of hydrogen-bond donors (Lipinski definition) is 1. The number of nitrogens with one attached hydrogen (secondary N) is 1. The van der Waals surface area contributed by atoms with Crippen molar-refractivity contribution in [3.05, 3.63) is 94.0 Å². The zero-order valence-electron chi connectivity index (χ0n) is 38.7. The second-order valence-electron chi connectivity index (χ2n) is 18.5. The van der Waals surface area contributed by atoms with Crippen LogP contribution in [0.5, 0.6) is 0 Å². The summed E-state index contributed by atoms with van der Waals surface area (Å²) in [6.07, 6.45) is 19.7.